The highest BCUT2D eigenvalue weighted by atomic mass is 16.5. The van der Waals surface area contributed by atoms with Crippen LogP contribution >= 0.6 is 0 Å². The lowest BCUT2D eigenvalue weighted by Gasteiger charge is -2.16. The summed E-state index contributed by atoms with van der Waals surface area (Å²) in [6, 6.07) is 5.88. The fourth-order valence-electron chi connectivity index (χ4n) is 1.88. The predicted molar refractivity (Wildman–Crippen MR) is 80.6 cm³/mol. The van der Waals surface area contributed by atoms with Crippen molar-refractivity contribution in [2.24, 2.45) is 5.92 Å². The van der Waals surface area contributed by atoms with Crippen molar-refractivity contribution in [1.29, 1.82) is 0 Å². The summed E-state index contributed by atoms with van der Waals surface area (Å²) >= 11 is 0. The van der Waals surface area contributed by atoms with Gasteiger partial charge in [0.2, 0.25) is 0 Å². The van der Waals surface area contributed by atoms with Crippen molar-refractivity contribution in [2.75, 3.05) is 6.61 Å². The van der Waals surface area contributed by atoms with E-state index in [2.05, 4.69) is 5.32 Å². The van der Waals surface area contributed by atoms with Gasteiger partial charge in [-0.1, -0.05) is 26.8 Å². The average Bonchev–Trinajstić information content (AvgIpc) is 2.44. The second-order valence-corrected chi connectivity index (χ2v) is 5.37. The van der Waals surface area contributed by atoms with Crippen LogP contribution in [0.15, 0.2) is 24.3 Å². The Balaban J connectivity index is 2.75. The van der Waals surface area contributed by atoms with Crippen molar-refractivity contribution in [1.82, 2.24) is 5.32 Å². The van der Waals surface area contributed by atoms with Crippen molar-refractivity contribution in [3.63, 3.8) is 0 Å². The highest BCUT2D eigenvalue weighted by Crippen LogP contribution is 2.14. The number of nitrogens with one attached hydrogen (secondary N) is 1. The van der Waals surface area contributed by atoms with Crippen molar-refractivity contribution in [2.45, 2.75) is 39.7 Å². The second kappa shape index (κ2) is 8.29. The molecule has 0 radical (unpaired) electrons. The quantitative estimate of drug-likeness (QED) is 0.772. The molecule has 0 unspecified atom stereocenters. The molecule has 0 aromatic heterocycles. The van der Waals surface area contributed by atoms with Gasteiger partial charge in [0.1, 0.15) is 11.8 Å². The Labute approximate surface area is 125 Å². The summed E-state index contributed by atoms with van der Waals surface area (Å²) in [5.74, 6) is -0.619. The fraction of sp³-hybridized carbons (Fsp3) is 0.500. The summed E-state index contributed by atoms with van der Waals surface area (Å²) in [6.07, 6.45) is 1.28. The Morgan fingerprint density at radius 2 is 2.05 bits per heavy atom. The molecule has 0 aliphatic carbocycles. The first-order valence-corrected chi connectivity index (χ1v) is 7.20. The number of carbonyl (C=O) groups excluding carboxylic acids is 1. The van der Waals surface area contributed by atoms with Gasteiger partial charge in [-0.25, -0.2) is 4.79 Å². The maximum atomic E-state index is 12.1. The number of amides is 1. The normalized spacial score (nSPS) is 12.0. The van der Waals surface area contributed by atoms with Gasteiger partial charge < -0.3 is 15.2 Å². The highest BCUT2D eigenvalue weighted by molar-refractivity contribution is 5.96. The van der Waals surface area contributed by atoms with E-state index in [4.69, 9.17) is 9.84 Å². The number of aliphatic carboxylic acids is 1. The number of carboxylic acid groups (broad SMARTS) is 1. The van der Waals surface area contributed by atoms with Crippen molar-refractivity contribution in [3.8, 4) is 5.75 Å². The first kappa shape index (κ1) is 17.0. The largest absolute Gasteiger partial charge is 0.494 e. The maximum Gasteiger partial charge on any atom is 0.326 e. The van der Waals surface area contributed by atoms with Crippen molar-refractivity contribution >= 4 is 11.9 Å². The number of rotatable bonds is 8. The van der Waals surface area contributed by atoms with Crippen LogP contribution in [0.4, 0.5) is 0 Å². The molecule has 0 fully saturated rings. The van der Waals surface area contributed by atoms with Crippen LogP contribution in [0.25, 0.3) is 0 Å². The molecule has 1 atom stereocenters. The van der Waals surface area contributed by atoms with E-state index < -0.39 is 17.9 Å². The molecular weight excluding hydrogens is 270 g/mol. The van der Waals surface area contributed by atoms with Gasteiger partial charge in [0, 0.05) is 5.56 Å². The lowest BCUT2D eigenvalue weighted by Crippen LogP contribution is -2.41. The molecule has 21 heavy (non-hydrogen) atoms. The molecule has 0 spiro atoms. The molecule has 0 saturated heterocycles. The zero-order valence-electron chi connectivity index (χ0n) is 12.8. The minimum absolute atomic E-state index is 0.186. The van der Waals surface area contributed by atoms with Crippen molar-refractivity contribution < 1.29 is 19.4 Å². The van der Waals surface area contributed by atoms with Crippen LogP contribution in [-0.2, 0) is 4.79 Å². The molecule has 0 aliphatic rings. The molecule has 1 rings (SSSR count). The van der Waals surface area contributed by atoms with E-state index in [1.165, 1.54) is 0 Å². The average molecular weight is 293 g/mol. The molecule has 0 heterocycles. The van der Waals surface area contributed by atoms with E-state index in [0.717, 1.165) is 6.42 Å². The van der Waals surface area contributed by atoms with Crippen LogP contribution in [0.2, 0.25) is 0 Å². The zero-order valence-corrected chi connectivity index (χ0v) is 12.8. The minimum atomic E-state index is -1.02. The number of benzene rings is 1. The first-order valence-electron chi connectivity index (χ1n) is 7.20. The smallest absolute Gasteiger partial charge is 0.326 e. The topological polar surface area (TPSA) is 75.6 Å². The van der Waals surface area contributed by atoms with Crippen molar-refractivity contribution in [3.05, 3.63) is 29.8 Å². The summed E-state index contributed by atoms with van der Waals surface area (Å²) in [5.41, 5.74) is 0.401. The molecule has 0 saturated carbocycles. The summed E-state index contributed by atoms with van der Waals surface area (Å²) < 4.78 is 5.47. The van der Waals surface area contributed by atoms with E-state index >= 15 is 0 Å². The van der Waals surface area contributed by atoms with Gasteiger partial charge in [0.15, 0.2) is 0 Å². The van der Waals surface area contributed by atoms with Gasteiger partial charge in [-0.15, -0.1) is 0 Å². The number of ether oxygens (including phenoxy) is 1. The SMILES string of the molecule is CCCOc1cccc(C(=O)N[C@H](CC(C)C)C(=O)O)c1. The minimum Gasteiger partial charge on any atom is -0.494 e. The number of carbonyl (C=O) groups is 2. The van der Waals surface area contributed by atoms with Crippen LogP contribution < -0.4 is 10.1 Å². The van der Waals surface area contributed by atoms with Gasteiger partial charge in [0.05, 0.1) is 6.61 Å². The number of carboxylic acids is 1. The van der Waals surface area contributed by atoms with Gasteiger partial charge in [-0.05, 0) is 37.0 Å². The van der Waals surface area contributed by atoms with Crippen LogP contribution in [-0.4, -0.2) is 29.6 Å². The first-order chi connectivity index (χ1) is 9.93. The lowest BCUT2D eigenvalue weighted by molar-refractivity contribution is -0.139. The third-order valence-electron chi connectivity index (χ3n) is 2.88. The molecule has 0 aliphatic heterocycles. The Bertz CT molecular complexity index is 485. The molecule has 116 valence electrons. The van der Waals surface area contributed by atoms with Gasteiger partial charge in [0.25, 0.3) is 5.91 Å². The Morgan fingerprint density at radius 1 is 1.33 bits per heavy atom. The standard InChI is InChI=1S/C16H23NO4/c1-4-8-21-13-7-5-6-12(10-13)15(18)17-14(16(19)20)9-11(2)3/h5-7,10-11,14H,4,8-9H2,1-3H3,(H,17,18)(H,19,20)/t14-/m1/s1. The second-order valence-electron chi connectivity index (χ2n) is 5.37. The summed E-state index contributed by atoms with van der Waals surface area (Å²) in [4.78, 5) is 23.3. The van der Waals surface area contributed by atoms with Crippen LogP contribution in [0, 0.1) is 5.92 Å². The molecule has 1 aromatic carbocycles. The third kappa shape index (κ3) is 5.85. The van der Waals surface area contributed by atoms with Crippen LogP contribution in [0.3, 0.4) is 0 Å². The Kier molecular flexibility index (Phi) is 6.72. The molecular formula is C16H23NO4. The summed E-state index contributed by atoms with van der Waals surface area (Å²) in [5, 5.41) is 11.7. The molecule has 5 heteroatoms. The molecule has 2 N–H and O–H groups in total. The molecule has 1 aromatic rings. The van der Waals surface area contributed by atoms with E-state index in [1.807, 2.05) is 20.8 Å². The summed E-state index contributed by atoms with van der Waals surface area (Å²) in [6.45, 7) is 6.42. The monoisotopic (exact) mass is 293 g/mol. The van der Waals surface area contributed by atoms with Gasteiger partial charge in [-0.3, -0.25) is 4.79 Å². The van der Waals surface area contributed by atoms with E-state index in [-0.39, 0.29) is 5.92 Å². The van der Waals surface area contributed by atoms with Gasteiger partial charge >= 0.3 is 5.97 Å². The van der Waals surface area contributed by atoms with E-state index in [0.29, 0.717) is 24.3 Å². The van der Waals surface area contributed by atoms with E-state index in [1.54, 1.807) is 24.3 Å². The third-order valence-corrected chi connectivity index (χ3v) is 2.88. The number of hydrogen-bond donors (Lipinski definition) is 2. The predicted octanol–water partition coefficient (Wildman–Crippen LogP) is 2.70. The Hall–Kier alpha value is -2.04. The highest BCUT2D eigenvalue weighted by Gasteiger charge is 2.21. The van der Waals surface area contributed by atoms with Gasteiger partial charge in [-0.2, -0.15) is 0 Å². The van der Waals surface area contributed by atoms with Crippen LogP contribution in [0.1, 0.15) is 44.0 Å². The van der Waals surface area contributed by atoms with Crippen LogP contribution in [0.5, 0.6) is 5.75 Å². The summed E-state index contributed by atoms with van der Waals surface area (Å²) in [7, 11) is 0. The fourth-order valence-corrected chi connectivity index (χ4v) is 1.88. The van der Waals surface area contributed by atoms with E-state index in [9.17, 15) is 9.59 Å². The molecule has 0 bridgehead atoms. The maximum absolute atomic E-state index is 12.1. The Morgan fingerprint density at radius 3 is 2.62 bits per heavy atom. The number of hydrogen-bond acceptors (Lipinski definition) is 3. The molecule has 5 nitrogen and oxygen atoms in total. The zero-order chi connectivity index (χ0) is 15.8. The molecule has 1 amide bonds. The lowest BCUT2D eigenvalue weighted by atomic mass is 10.0.